The van der Waals surface area contributed by atoms with Crippen molar-refractivity contribution in [2.75, 3.05) is 11.1 Å². The lowest BCUT2D eigenvalue weighted by molar-refractivity contribution is 0.684. The van der Waals surface area contributed by atoms with Crippen LogP contribution < -0.4 is 21.7 Å². The van der Waals surface area contributed by atoms with Crippen LogP contribution in [0.4, 0.5) is 11.8 Å². The topological polar surface area (TPSA) is 166 Å². The Balaban J connectivity index is 1.72. The predicted molar refractivity (Wildman–Crippen MR) is 147 cm³/mol. The van der Waals surface area contributed by atoms with E-state index >= 15 is 0 Å². The molecular weight excluding hydrogens is 500 g/mol. The summed E-state index contributed by atoms with van der Waals surface area (Å²) in [6.07, 6.45) is 1.34. The second kappa shape index (κ2) is 10.2. The van der Waals surface area contributed by atoms with E-state index in [1.165, 1.54) is 6.20 Å². The van der Waals surface area contributed by atoms with Crippen molar-refractivity contribution in [1.82, 2.24) is 19.5 Å². The smallest absolute Gasteiger partial charge is 0.266 e. The van der Waals surface area contributed by atoms with Gasteiger partial charge in [-0.25, -0.2) is 19.3 Å². The van der Waals surface area contributed by atoms with Crippen molar-refractivity contribution in [3.05, 3.63) is 101 Å². The van der Waals surface area contributed by atoms with Crippen molar-refractivity contribution in [3.8, 4) is 22.9 Å². The first-order chi connectivity index (χ1) is 18.4. The Kier molecular flexibility index (Phi) is 6.66. The third kappa shape index (κ3) is 4.61. The fourth-order valence-electron chi connectivity index (χ4n) is 4.23. The number of rotatable bonds is 6. The van der Waals surface area contributed by atoms with E-state index in [-0.39, 0.29) is 22.9 Å². The average Bonchev–Trinajstić information content (AvgIpc) is 2.93. The lowest BCUT2D eigenvalue weighted by Crippen LogP contribution is -2.28. The molecule has 5 N–H and O–H groups in total. The Labute approximate surface area is 220 Å². The van der Waals surface area contributed by atoms with Gasteiger partial charge >= 0.3 is 0 Å². The monoisotopic (exact) mass is 522 g/mol. The number of hydrogen-bond donors (Lipinski definition) is 3. The molecule has 0 aliphatic heterocycles. The van der Waals surface area contributed by atoms with Gasteiger partial charge in [0, 0.05) is 0 Å². The number of nitrogens with two attached hydrogens (primary N) is 2. The maximum Gasteiger partial charge on any atom is 0.266 e. The van der Waals surface area contributed by atoms with Gasteiger partial charge in [0.05, 0.1) is 33.7 Å². The highest BCUT2D eigenvalue weighted by Gasteiger charge is 2.21. The van der Waals surface area contributed by atoms with Gasteiger partial charge in [0.15, 0.2) is 0 Å². The second-order valence-electron chi connectivity index (χ2n) is 8.44. The van der Waals surface area contributed by atoms with Gasteiger partial charge in [0.25, 0.3) is 5.56 Å². The van der Waals surface area contributed by atoms with E-state index in [4.69, 9.17) is 15.9 Å². The number of anilines is 2. The zero-order valence-electron chi connectivity index (χ0n) is 20.2. The molecule has 11 heteroatoms. The summed E-state index contributed by atoms with van der Waals surface area (Å²) in [4.78, 5) is 27.6. The van der Waals surface area contributed by atoms with Gasteiger partial charge in [-0.3, -0.25) is 9.36 Å². The molecule has 2 unspecified atom stereocenters. The van der Waals surface area contributed by atoms with Gasteiger partial charge in [-0.05, 0) is 48.4 Å². The molecule has 188 valence electrons. The number of para-hydroxylation sites is 1. The van der Waals surface area contributed by atoms with E-state index in [2.05, 4.69) is 15.3 Å². The van der Waals surface area contributed by atoms with E-state index in [9.17, 15) is 14.3 Å². The largest absolute Gasteiger partial charge is 0.368 e. The highest BCUT2D eigenvalue weighted by Crippen LogP contribution is 2.29. The third-order valence-electron chi connectivity index (χ3n) is 6.00. The first kappa shape index (κ1) is 24.8. The van der Waals surface area contributed by atoms with Gasteiger partial charge in [-0.15, -0.1) is 0 Å². The maximum absolute atomic E-state index is 14.2. The molecule has 0 saturated carbocycles. The van der Waals surface area contributed by atoms with Crippen LogP contribution in [0.15, 0.2) is 88.7 Å². The van der Waals surface area contributed by atoms with Crippen LogP contribution in [0.5, 0.6) is 0 Å². The molecule has 0 saturated heterocycles. The number of nitrogen functional groups attached to an aromatic ring is 1. The van der Waals surface area contributed by atoms with Gasteiger partial charge in [0.1, 0.15) is 34.3 Å². The quantitative estimate of drug-likeness (QED) is 0.305. The van der Waals surface area contributed by atoms with Crippen molar-refractivity contribution in [2.24, 2.45) is 5.14 Å². The minimum atomic E-state index is -1.61. The van der Waals surface area contributed by atoms with Crippen LogP contribution in [0, 0.1) is 11.3 Å². The Morgan fingerprint density at radius 2 is 1.76 bits per heavy atom. The fraction of sp³-hybridized carbons (Fsp3) is 0.0741. The first-order valence-corrected chi connectivity index (χ1v) is 12.8. The molecule has 0 aliphatic rings. The third-order valence-corrected chi connectivity index (χ3v) is 6.74. The van der Waals surface area contributed by atoms with Crippen molar-refractivity contribution >= 4 is 33.7 Å². The summed E-state index contributed by atoms with van der Waals surface area (Å²) < 4.78 is 13.2. The summed E-state index contributed by atoms with van der Waals surface area (Å²) in [7, 11) is -1.61. The first-order valence-electron chi connectivity index (χ1n) is 11.5. The van der Waals surface area contributed by atoms with Gasteiger partial charge < -0.3 is 11.1 Å². The summed E-state index contributed by atoms with van der Waals surface area (Å²) in [5.74, 6) is 0.674. The van der Waals surface area contributed by atoms with Crippen molar-refractivity contribution in [1.29, 1.82) is 5.26 Å². The van der Waals surface area contributed by atoms with E-state index < -0.39 is 17.0 Å². The molecule has 3 aromatic carbocycles. The summed E-state index contributed by atoms with van der Waals surface area (Å²) in [5.41, 5.74) is 8.26. The van der Waals surface area contributed by atoms with Crippen molar-refractivity contribution in [2.45, 2.75) is 17.9 Å². The highest BCUT2D eigenvalue weighted by molar-refractivity contribution is 7.82. The molecule has 0 fully saturated rings. The molecule has 0 aliphatic carbocycles. The molecular formula is C27H22N8O2S. The Hall–Kier alpha value is -4.92. The number of aromatic nitrogens is 4. The number of nitrogens with zero attached hydrogens (tertiary/aromatic N) is 5. The summed E-state index contributed by atoms with van der Waals surface area (Å²) in [6.45, 7) is 1.82. The molecule has 5 aromatic rings. The molecule has 2 heterocycles. The Bertz CT molecular complexity index is 1780. The van der Waals surface area contributed by atoms with E-state index in [1.807, 2.05) is 55.5 Å². The standard InChI is InChI=1S/C27H22N8O2S/c1-16(32-24-18(14-28)15-31-27(29)34-24)25-33-22-9-5-8-21(17-10-12-20(13-11-17)38(30)37)23(22)26(36)35(25)19-6-3-2-4-7-19/h2-13,15-16H,30H2,1H3,(H3,29,31,32,34). The van der Waals surface area contributed by atoms with Crippen molar-refractivity contribution in [3.63, 3.8) is 0 Å². The molecule has 38 heavy (non-hydrogen) atoms. The minimum absolute atomic E-state index is 0.0137. The van der Waals surface area contributed by atoms with E-state index in [1.54, 1.807) is 34.9 Å². The minimum Gasteiger partial charge on any atom is -0.368 e. The number of hydrogen-bond acceptors (Lipinski definition) is 8. The summed E-state index contributed by atoms with van der Waals surface area (Å²) in [6, 6.07) is 23.0. The molecule has 2 atom stereocenters. The number of nitriles is 1. The van der Waals surface area contributed by atoms with Gasteiger partial charge in [0.2, 0.25) is 5.95 Å². The van der Waals surface area contributed by atoms with Crippen LogP contribution in [0.3, 0.4) is 0 Å². The number of fused-ring (bicyclic) bond motifs is 1. The van der Waals surface area contributed by atoms with E-state index in [0.717, 1.165) is 5.56 Å². The van der Waals surface area contributed by atoms with Crippen molar-refractivity contribution < 1.29 is 4.21 Å². The van der Waals surface area contributed by atoms with Crippen LogP contribution in [-0.4, -0.2) is 23.7 Å². The molecule has 0 bridgehead atoms. The molecule has 0 radical (unpaired) electrons. The van der Waals surface area contributed by atoms with Crippen LogP contribution in [0.1, 0.15) is 24.4 Å². The Morgan fingerprint density at radius 1 is 1.03 bits per heavy atom. The van der Waals surface area contributed by atoms with Crippen LogP contribution >= 0.6 is 0 Å². The highest BCUT2D eigenvalue weighted by atomic mass is 32.2. The van der Waals surface area contributed by atoms with Gasteiger partial charge in [-0.2, -0.15) is 10.2 Å². The summed E-state index contributed by atoms with van der Waals surface area (Å²) >= 11 is 0. The van der Waals surface area contributed by atoms with Crippen LogP contribution in [-0.2, 0) is 11.0 Å². The molecule has 0 amide bonds. The lowest BCUT2D eigenvalue weighted by atomic mass is 10.0. The fourth-order valence-corrected chi connectivity index (χ4v) is 4.63. The normalized spacial score (nSPS) is 12.6. The van der Waals surface area contributed by atoms with Crippen LogP contribution in [0.25, 0.3) is 27.7 Å². The SMILES string of the molecule is CC(Nc1nc(N)ncc1C#N)c1nc2cccc(-c3ccc(S(N)=O)cc3)c2c(=O)n1-c1ccccc1. The lowest BCUT2D eigenvalue weighted by Gasteiger charge is -2.21. The van der Waals surface area contributed by atoms with Crippen LogP contribution in [0.2, 0.25) is 0 Å². The summed E-state index contributed by atoms with van der Waals surface area (Å²) in [5, 5.41) is 18.6. The number of benzene rings is 3. The number of nitrogens with one attached hydrogen (secondary N) is 1. The molecule has 2 aromatic heterocycles. The molecule has 0 spiro atoms. The van der Waals surface area contributed by atoms with E-state index in [0.29, 0.717) is 32.9 Å². The molecule has 10 nitrogen and oxygen atoms in total. The zero-order valence-corrected chi connectivity index (χ0v) is 21.0. The maximum atomic E-state index is 14.2. The van der Waals surface area contributed by atoms with Gasteiger partial charge in [-0.1, -0.05) is 42.5 Å². The second-order valence-corrected chi connectivity index (χ2v) is 9.50. The molecule has 5 rings (SSSR count). The Morgan fingerprint density at radius 3 is 2.45 bits per heavy atom. The average molecular weight is 523 g/mol. The predicted octanol–water partition coefficient (Wildman–Crippen LogP) is 3.45. The zero-order chi connectivity index (χ0) is 26.8.